The quantitative estimate of drug-likeness (QED) is 0.209. The smallest absolute Gasteiger partial charge is 0.238 e. The van der Waals surface area contributed by atoms with E-state index in [2.05, 4.69) is 20.0 Å². The van der Waals surface area contributed by atoms with Crippen LogP contribution in [0.2, 0.25) is 0 Å². The highest BCUT2D eigenvalue weighted by molar-refractivity contribution is 7.92. The molecule has 1 fully saturated rings. The van der Waals surface area contributed by atoms with Gasteiger partial charge in [-0.25, -0.2) is 17.8 Å². The number of carbonyl (C=O) groups excluding carboxylic acids is 1. The molecule has 2 aromatic carbocycles. The lowest BCUT2D eigenvalue weighted by Crippen LogP contribution is -2.52. The highest BCUT2D eigenvalue weighted by atomic mass is 32.2. The Balaban J connectivity index is 1.35. The van der Waals surface area contributed by atoms with Crippen molar-refractivity contribution in [1.29, 1.82) is 0 Å². The summed E-state index contributed by atoms with van der Waals surface area (Å²) in [4.78, 5) is 24.2. The minimum atomic E-state index is -3.70. The number of nitrogens with one attached hydrogen (secondary N) is 2. The van der Waals surface area contributed by atoms with E-state index < -0.39 is 21.3 Å². The first-order valence-electron chi connectivity index (χ1n) is 15.3. The van der Waals surface area contributed by atoms with Crippen LogP contribution in [0, 0.1) is 5.82 Å². The summed E-state index contributed by atoms with van der Waals surface area (Å²) in [7, 11) is -1.96. The highest BCUT2D eigenvalue weighted by Gasteiger charge is 2.59. The third-order valence-electron chi connectivity index (χ3n) is 8.66. The van der Waals surface area contributed by atoms with E-state index in [9.17, 15) is 13.2 Å². The standard InChI is InChI=1S/C34H38FN5O5S/c1-20(2)36-11-12-44-32-29(39-46(5,42)43)13-23(18-38-32)25-14-26-28(15-27(25)35)37-19-30-31(26)34(33(41)40(30)4)16-24(17-34)45-21(3)22-9-7-6-8-10-22/h6-10,13-15,18-21,24,36,39H,11-12,16-17H2,1-5H3. The van der Waals surface area contributed by atoms with Crippen molar-refractivity contribution in [2.24, 2.45) is 0 Å². The van der Waals surface area contributed by atoms with E-state index in [4.69, 9.17) is 9.47 Å². The first-order chi connectivity index (χ1) is 21.9. The molecule has 1 aliphatic heterocycles. The number of likely N-dealkylation sites (N-methyl/N-ethyl adjacent to an activating group) is 1. The largest absolute Gasteiger partial charge is 0.475 e. The van der Waals surface area contributed by atoms with Crippen molar-refractivity contribution in [3.8, 4) is 17.0 Å². The van der Waals surface area contributed by atoms with E-state index in [-0.39, 0.29) is 47.9 Å². The van der Waals surface area contributed by atoms with Crippen LogP contribution in [0.25, 0.3) is 22.0 Å². The van der Waals surface area contributed by atoms with Crippen LogP contribution in [-0.2, 0) is 25.0 Å². The molecule has 1 aliphatic carbocycles. The Kier molecular flexibility index (Phi) is 8.47. The number of benzene rings is 2. The number of anilines is 2. The minimum absolute atomic E-state index is 0.0374. The van der Waals surface area contributed by atoms with E-state index >= 15 is 4.39 Å². The van der Waals surface area contributed by atoms with Crippen LogP contribution in [0.1, 0.15) is 50.8 Å². The van der Waals surface area contributed by atoms with Crippen molar-refractivity contribution in [3.63, 3.8) is 0 Å². The summed E-state index contributed by atoms with van der Waals surface area (Å²) in [5, 5.41) is 3.88. The summed E-state index contributed by atoms with van der Waals surface area (Å²) in [6, 6.07) is 14.7. The number of carbonyl (C=O) groups is 1. The zero-order valence-electron chi connectivity index (χ0n) is 26.5. The second-order valence-corrected chi connectivity index (χ2v) is 14.2. The predicted octanol–water partition coefficient (Wildman–Crippen LogP) is 5.34. The zero-order valence-corrected chi connectivity index (χ0v) is 27.3. The Labute approximate surface area is 268 Å². The summed E-state index contributed by atoms with van der Waals surface area (Å²) in [5.74, 6) is -0.510. The van der Waals surface area contributed by atoms with Crippen molar-refractivity contribution in [1.82, 2.24) is 15.3 Å². The molecular weight excluding hydrogens is 609 g/mol. The molecule has 0 saturated heterocycles. The van der Waals surface area contributed by atoms with Crippen molar-refractivity contribution in [2.45, 2.75) is 57.3 Å². The molecule has 242 valence electrons. The number of nitrogens with zero attached hydrogens (tertiary/aromatic N) is 3. The van der Waals surface area contributed by atoms with Crippen molar-refractivity contribution < 1.29 is 27.1 Å². The maximum absolute atomic E-state index is 15.7. The third-order valence-corrected chi connectivity index (χ3v) is 9.25. The number of sulfonamides is 1. The summed E-state index contributed by atoms with van der Waals surface area (Å²) in [6.07, 6.45) is 4.83. The van der Waals surface area contributed by atoms with Crippen LogP contribution in [-0.4, -0.2) is 62.9 Å². The fourth-order valence-electron chi connectivity index (χ4n) is 6.49. The predicted molar refractivity (Wildman–Crippen MR) is 176 cm³/mol. The topological polar surface area (TPSA) is 123 Å². The van der Waals surface area contributed by atoms with Gasteiger partial charge in [0.25, 0.3) is 0 Å². The molecule has 1 saturated carbocycles. The Hall–Kier alpha value is -4.13. The van der Waals surface area contributed by atoms with E-state index in [1.54, 1.807) is 24.2 Å². The van der Waals surface area contributed by atoms with Gasteiger partial charge in [0.05, 0.1) is 41.3 Å². The molecule has 1 unspecified atom stereocenters. The van der Waals surface area contributed by atoms with Gasteiger partial charge >= 0.3 is 0 Å². The van der Waals surface area contributed by atoms with Crippen LogP contribution >= 0.6 is 0 Å². The molecular formula is C34H38FN5O5S. The lowest BCUT2D eigenvalue weighted by atomic mass is 9.62. The van der Waals surface area contributed by atoms with Crippen molar-refractivity contribution >= 4 is 38.2 Å². The average molecular weight is 648 g/mol. The van der Waals surface area contributed by atoms with Gasteiger partial charge in [0, 0.05) is 54.0 Å². The van der Waals surface area contributed by atoms with E-state index in [1.807, 2.05) is 51.1 Å². The first kappa shape index (κ1) is 31.8. The van der Waals surface area contributed by atoms with Gasteiger partial charge in [0.2, 0.25) is 21.8 Å². The van der Waals surface area contributed by atoms with Crippen molar-refractivity contribution in [3.05, 3.63) is 77.9 Å². The fourth-order valence-corrected chi connectivity index (χ4v) is 7.03. The normalized spacial score (nSPS) is 19.8. The molecule has 2 aliphatic rings. The van der Waals surface area contributed by atoms with Crippen LogP contribution in [0.4, 0.5) is 15.8 Å². The van der Waals surface area contributed by atoms with Gasteiger partial charge < -0.3 is 19.7 Å². The number of halogens is 1. The summed E-state index contributed by atoms with van der Waals surface area (Å²) < 4.78 is 54.7. The maximum Gasteiger partial charge on any atom is 0.238 e. The van der Waals surface area contributed by atoms with Crippen LogP contribution in [0.15, 0.2) is 60.9 Å². The first-order valence-corrected chi connectivity index (χ1v) is 17.2. The molecule has 46 heavy (non-hydrogen) atoms. The average Bonchev–Trinajstić information content (AvgIpc) is 3.21. The second kappa shape index (κ2) is 12.2. The molecule has 10 nitrogen and oxygen atoms in total. The number of aromatic nitrogens is 2. The van der Waals surface area contributed by atoms with Crippen molar-refractivity contribution in [2.75, 3.05) is 36.1 Å². The maximum atomic E-state index is 15.7. The van der Waals surface area contributed by atoms with Crippen LogP contribution in [0.5, 0.6) is 5.88 Å². The van der Waals surface area contributed by atoms with E-state index in [0.717, 1.165) is 17.4 Å². The van der Waals surface area contributed by atoms with Gasteiger partial charge in [-0.05, 0) is 37.5 Å². The molecule has 6 rings (SSSR count). The number of hydrogen-bond donors (Lipinski definition) is 2. The zero-order chi connectivity index (χ0) is 32.8. The molecule has 1 spiro atoms. The van der Waals surface area contributed by atoms with Gasteiger partial charge in [-0.2, -0.15) is 0 Å². The number of amides is 1. The Morgan fingerprint density at radius 2 is 1.83 bits per heavy atom. The van der Waals surface area contributed by atoms with Gasteiger partial charge in [0.1, 0.15) is 18.1 Å². The second-order valence-electron chi connectivity index (χ2n) is 12.4. The van der Waals surface area contributed by atoms with Gasteiger partial charge in [0.15, 0.2) is 0 Å². The van der Waals surface area contributed by atoms with Gasteiger partial charge in [-0.15, -0.1) is 0 Å². The molecule has 1 amide bonds. The number of fused-ring (bicyclic) bond motifs is 4. The lowest BCUT2D eigenvalue weighted by Gasteiger charge is -2.44. The summed E-state index contributed by atoms with van der Waals surface area (Å²) in [5.41, 5.74) is 2.79. The molecule has 3 heterocycles. The monoisotopic (exact) mass is 647 g/mol. The van der Waals surface area contributed by atoms with E-state index in [1.165, 1.54) is 18.3 Å². The highest BCUT2D eigenvalue weighted by Crippen LogP contribution is 2.56. The molecule has 4 aromatic rings. The Bertz CT molecular complexity index is 1900. The minimum Gasteiger partial charge on any atom is -0.475 e. The number of pyridine rings is 2. The Morgan fingerprint density at radius 3 is 2.52 bits per heavy atom. The molecule has 0 radical (unpaired) electrons. The SMILES string of the molecule is CC(C)NCCOc1ncc(-c2cc3c4c(cnc3cc2F)N(C)C(=O)C42CC(OC(C)c3ccccc3)C2)cc1NS(C)(=O)=O. The Morgan fingerprint density at radius 1 is 1.09 bits per heavy atom. The number of ether oxygens (including phenoxy) is 2. The molecule has 1 atom stereocenters. The summed E-state index contributed by atoms with van der Waals surface area (Å²) in [6.45, 7) is 6.80. The number of rotatable bonds is 11. The third kappa shape index (κ3) is 6.04. The van der Waals surface area contributed by atoms with E-state index in [0.29, 0.717) is 41.5 Å². The van der Waals surface area contributed by atoms with Crippen LogP contribution < -0.4 is 19.7 Å². The summed E-state index contributed by atoms with van der Waals surface area (Å²) >= 11 is 0. The van der Waals surface area contributed by atoms with Crippen LogP contribution in [0.3, 0.4) is 0 Å². The van der Waals surface area contributed by atoms with Gasteiger partial charge in [-0.1, -0.05) is 44.2 Å². The molecule has 2 N–H and O–H groups in total. The number of hydrogen-bond acceptors (Lipinski definition) is 8. The lowest BCUT2D eigenvalue weighted by molar-refractivity contribution is -0.137. The molecule has 12 heteroatoms. The molecule has 2 aromatic heterocycles. The van der Waals surface area contributed by atoms with Gasteiger partial charge in [-0.3, -0.25) is 14.5 Å². The molecule has 0 bridgehead atoms. The fraction of sp³-hybridized carbons (Fsp3) is 0.382.